The largest absolute Gasteiger partial charge is 0.464 e. The minimum absolute atomic E-state index is 0.324. The molecule has 1 aliphatic heterocycles. The van der Waals surface area contributed by atoms with Crippen LogP contribution in [0.4, 0.5) is 5.69 Å². The fraction of sp³-hybridized carbons (Fsp3) is 0.615. The summed E-state index contributed by atoms with van der Waals surface area (Å²) in [6, 6.07) is 1.92. The highest BCUT2D eigenvalue weighted by Gasteiger charge is 2.20. The molecule has 0 spiro atoms. The highest BCUT2D eigenvalue weighted by atomic mass is 16.5. The topological polar surface area (TPSA) is 55.3 Å². The van der Waals surface area contributed by atoms with E-state index in [4.69, 9.17) is 4.74 Å². The molecule has 0 bridgehead atoms. The molecule has 0 amide bonds. The van der Waals surface area contributed by atoms with E-state index >= 15 is 0 Å². The van der Waals surface area contributed by atoms with Crippen molar-refractivity contribution in [3.8, 4) is 0 Å². The van der Waals surface area contributed by atoms with Gasteiger partial charge in [0, 0.05) is 13.1 Å². The fourth-order valence-electron chi connectivity index (χ4n) is 2.27. The SMILES string of the molecule is COC(=O)c1nnc(C)cc1N1CCCCCC1. The van der Waals surface area contributed by atoms with Gasteiger partial charge in [-0.05, 0) is 25.8 Å². The van der Waals surface area contributed by atoms with Gasteiger partial charge in [0.1, 0.15) is 0 Å². The quantitative estimate of drug-likeness (QED) is 0.750. The Bertz CT molecular complexity index is 426. The predicted molar refractivity (Wildman–Crippen MR) is 68.8 cm³/mol. The van der Waals surface area contributed by atoms with Gasteiger partial charge < -0.3 is 9.64 Å². The molecule has 5 nitrogen and oxygen atoms in total. The number of nitrogens with zero attached hydrogens (tertiary/aromatic N) is 3. The zero-order chi connectivity index (χ0) is 13.0. The molecule has 0 aliphatic carbocycles. The number of hydrogen-bond donors (Lipinski definition) is 0. The Morgan fingerprint density at radius 1 is 1.22 bits per heavy atom. The van der Waals surface area contributed by atoms with Crippen molar-refractivity contribution < 1.29 is 9.53 Å². The third kappa shape index (κ3) is 2.78. The Labute approximate surface area is 107 Å². The molecule has 1 fully saturated rings. The first-order chi connectivity index (χ1) is 8.72. The van der Waals surface area contributed by atoms with Crippen molar-refractivity contribution in [2.45, 2.75) is 32.6 Å². The molecule has 2 rings (SSSR count). The molecule has 1 saturated heterocycles. The average Bonchev–Trinajstić information content (AvgIpc) is 2.66. The maximum Gasteiger partial charge on any atom is 0.360 e. The molecule has 0 radical (unpaired) electrons. The maximum atomic E-state index is 11.7. The first-order valence-electron chi connectivity index (χ1n) is 6.40. The van der Waals surface area contributed by atoms with Gasteiger partial charge in [-0.15, -0.1) is 5.10 Å². The van der Waals surface area contributed by atoms with Crippen molar-refractivity contribution in [3.63, 3.8) is 0 Å². The lowest BCUT2D eigenvalue weighted by Crippen LogP contribution is -2.27. The second-order valence-electron chi connectivity index (χ2n) is 4.61. The summed E-state index contributed by atoms with van der Waals surface area (Å²) >= 11 is 0. The van der Waals surface area contributed by atoms with Crippen LogP contribution in [0.1, 0.15) is 41.9 Å². The van der Waals surface area contributed by atoms with Gasteiger partial charge >= 0.3 is 5.97 Å². The summed E-state index contributed by atoms with van der Waals surface area (Å²) < 4.78 is 4.77. The standard InChI is InChI=1S/C13H19N3O2/c1-10-9-11(12(15-14-10)13(17)18-2)16-7-5-3-4-6-8-16/h9H,3-8H2,1-2H3. The molecule has 0 aromatic carbocycles. The first-order valence-corrected chi connectivity index (χ1v) is 6.40. The molecule has 0 unspecified atom stereocenters. The smallest absolute Gasteiger partial charge is 0.360 e. The summed E-state index contributed by atoms with van der Waals surface area (Å²) in [7, 11) is 1.37. The highest BCUT2D eigenvalue weighted by molar-refractivity contribution is 5.93. The Hall–Kier alpha value is -1.65. The van der Waals surface area contributed by atoms with E-state index in [0.717, 1.165) is 37.3 Å². The number of aromatic nitrogens is 2. The van der Waals surface area contributed by atoms with E-state index in [1.165, 1.54) is 20.0 Å². The highest BCUT2D eigenvalue weighted by Crippen LogP contribution is 2.23. The van der Waals surface area contributed by atoms with Crippen LogP contribution in [0.25, 0.3) is 0 Å². The lowest BCUT2D eigenvalue weighted by atomic mass is 10.2. The second-order valence-corrected chi connectivity index (χ2v) is 4.61. The van der Waals surface area contributed by atoms with Gasteiger partial charge in [-0.25, -0.2) is 4.79 Å². The van der Waals surface area contributed by atoms with E-state index in [-0.39, 0.29) is 0 Å². The van der Waals surface area contributed by atoms with Crippen LogP contribution in [0.15, 0.2) is 6.07 Å². The van der Waals surface area contributed by atoms with Crippen LogP contribution in [0.2, 0.25) is 0 Å². The molecule has 0 saturated carbocycles. The number of hydrogen-bond acceptors (Lipinski definition) is 5. The monoisotopic (exact) mass is 249 g/mol. The molecule has 0 atom stereocenters. The molecule has 98 valence electrons. The third-order valence-corrected chi connectivity index (χ3v) is 3.22. The molecular formula is C13H19N3O2. The van der Waals surface area contributed by atoms with Gasteiger partial charge in [-0.1, -0.05) is 12.8 Å². The zero-order valence-electron chi connectivity index (χ0n) is 11.0. The lowest BCUT2D eigenvalue weighted by molar-refractivity contribution is 0.0593. The lowest BCUT2D eigenvalue weighted by Gasteiger charge is -2.23. The molecule has 1 aromatic rings. The van der Waals surface area contributed by atoms with Crippen molar-refractivity contribution in [3.05, 3.63) is 17.5 Å². The molecule has 0 N–H and O–H groups in total. The molecule has 18 heavy (non-hydrogen) atoms. The van der Waals surface area contributed by atoms with E-state index in [1.54, 1.807) is 0 Å². The summed E-state index contributed by atoms with van der Waals surface area (Å²) in [4.78, 5) is 13.9. The predicted octanol–water partition coefficient (Wildman–Crippen LogP) is 1.95. The zero-order valence-corrected chi connectivity index (χ0v) is 11.0. The number of carbonyl (C=O) groups is 1. The molecule has 1 aromatic heterocycles. The van der Waals surface area contributed by atoms with Crippen molar-refractivity contribution >= 4 is 11.7 Å². The van der Waals surface area contributed by atoms with E-state index in [2.05, 4.69) is 15.1 Å². The van der Waals surface area contributed by atoms with Gasteiger partial charge in [0.25, 0.3) is 0 Å². The average molecular weight is 249 g/mol. The van der Waals surface area contributed by atoms with E-state index < -0.39 is 5.97 Å². The molecular weight excluding hydrogens is 230 g/mol. The molecule has 1 aliphatic rings. The summed E-state index contributed by atoms with van der Waals surface area (Å²) in [6.07, 6.45) is 4.81. The Kier molecular flexibility index (Phi) is 4.12. The normalized spacial score (nSPS) is 16.2. The number of carbonyl (C=O) groups excluding carboxylic acids is 1. The van der Waals surface area contributed by atoms with Crippen LogP contribution in [0, 0.1) is 6.92 Å². The maximum absolute atomic E-state index is 11.7. The van der Waals surface area contributed by atoms with Crippen LogP contribution in [-0.2, 0) is 4.74 Å². The van der Waals surface area contributed by atoms with E-state index in [0.29, 0.717) is 5.69 Å². The minimum Gasteiger partial charge on any atom is -0.464 e. The van der Waals surface area contributed by atoms with Crippen LogP contribution in [0.5, 0.6) is 0 Å². The number of esters is 1. The van der Waals surface area contributed by atoms with E-state index in [9.17, 15) is 4.79 Å². The Morgan fingerprint density at radius 2 is 1.89 bits per heavy atom. The van der Waals surface area contributed by atoms with Gasteiger partial charge in [0.2, 0.25) is 0 Å². The van der Waals surface area contributed by atoms with Crippen molar-refractivity contribution in [2.24, 2.45) is 0 Å². The summed E-state index contributed by atoms with van der Waals surface area (Å²) in [6.45, 7) is 3.82. The van der Waals surface area contributed by atoms with Crippen LogP contribution >= 0.6 is 0 Å². The van der Waals surface area contributed by atoms with Crippen LogP contribution < -0.4 is 4.90 Å². The number of ether oxygens (including phenoxy) is 1. The van der Waals surface area contributed by atoms with Crippen molar-refractivity contribution in [1.82, 2.24) is 10.2 Å². The van der Waals surface area contributed by atoms with Crippen molar-refractivity contribution in [2.75, 3.05) is 25.1 Å². The Balaban J connectivity index is 2.33. The molecule has 2 heterocycles. The number of rotatable bonds is 2. The van der Waals surface area contributed by atoms with Gasteiger partial charge in [0.15, 0.2) is 5.69 Å². The van der Waals surface area contributed by atoms with Crippen LogP contribution in [0.3, 0.4) is 0 Å². The fourth-order valence-corrected chi connectivity index (χ4v) is 2.27. The summed E-state index contributed by atoms with van der Waals surface area (Å²) in [5.41, 5.74) is 2.00. The summed E-state index contributed by atoms with van der Waals surface area (Å²) in [5.74, 6) is -0.415. The number of anilines is 1. The number of aryl methyl sites for hydroxylation is 1. The second kappa shape index (κ2) is 5.80. The van der Waals surface area contributed by atoms with Gasteiger partial charge in [-0.3, -0.25) is 0 Å². The van der Waals surface area contributed by atoms with E-state index in [1.807, 2.05) is 13.0 Å². The van der Waals surface area contributed by atoms with Crippen molar-refractivity contribution in [1.29, 1.82) is 0 Å². The Morgan fingerprint density at radius 3 is 2.50 bits per heavy atom. The van der Waals surface area contributed by atoms with Gasteiger partial charge in [-0.2, -0.15) is 5.10 Å². The summed E-state index contributed by atoms with van der Waals surface area (Å²) in [5, 5.41) is 7.94. The minimum atomic E-state index is -0.415. The number of methoxy groups -OCH3 is 1. The molecule has 5 heteroatoms. The van der Waals surface area contributed by atoms with Crippen LogP contribution in [-0.4, -0.2) is 36.4 Å². The first kappa shape index (κ1) is 12.8. The third-order valence-electron chi connectivity index (χ3n) is 3.22. The van der Waals surface area contributed by atoms with Gasteiger partial charge in [0.05, 0.1) is 18.5 Å².